The molecule has 0 bridgehead atoms. The summed E-state index contributed by atoms with van der Waals surface area (Å²) in [6.45, 7) is 0.125. The SMILES string of the molecule is O=C(O)COCCc1csc(-c2ccccc2)n1. The summed E-state index contributed by atoms with van der Waals surface area (Å²) in [6, 6.07) is 9.96. The summed E-state index contributed by atoms with van der Waals surface area (Å²) in [7, 11) is 0. The van der Waals surface area contributed by atoms with E-state index in [-0.39, 0.29) is 6.61 Å². The molecule has 1 aromatic heterocycles. The van der Waals surface area contributed by atoms with Gasteiger partial charge in [-0.3, -0.25) is 0 Å². The van der Waals surface area contributed by atoms with E-state index in [4.69, 9.17) is 9.84 Å². The summed E-state index contributed by atoms with van der Waals surface area (Å²) >= 11 is 1.58. The molecule has 18 heavy (non-hydrogen) atoms. The van der Waals surface area contributed by atoms with Gasteiger partial charge in [-0.15, -0.1) is 11.3 Å². The van der Waals surface area contributed by atoms with Crippen molar-refractivity contribution >= 4 is 17.3 Å². The monoisotopic (exact) mass is 263 g/mol. The normalized spacial score (nSPS) is 10.4. The quantitative estimate of drug-likeness (QED) is 0.813. The molecule has 0 aliphatic rings. The number of carboxylic acids is 1. The third-order valence-electron chi connectivity index (χ3n) is 2.30. The summed E-state index contributed by atoms with van der Waals surface area (Å²) < 4.78 is 4.98. The van der Waals surface area contributed by atoms with Crippen LogP contribution in [0.1, 0.15) is 5.69 Å². The number of hydrogen-bond donors (Lipinski definition) is 1. The highest BCUT2D eigenvalue weighted by Crippen LogP contribution is 2.23. The van der Waals surface area contributed by atoms with Crippen LogP contribution in [0.3, 0.4) is 0 Å². The number of aliphatic carboxylic acids is 1. The van der Waals surface area contributed by atoms with Gasteiger partial charge < -0.3 is 9.84 Å². The second-order valence-corrected chi connectivity index (χ2v) is 4.56. The van der Waals surface area contributed by atoms with Gasteiger partial charge in [0, 0.05) is 17.4 Å². The van der Waals surface area contributed by atoms with Crippen LogP contribution >= 0.6 is 11.3 Å². The maximum atomic E-state index is 10.3. The van der Waals surface area contributed by atoms with Crippen LogP contribution in [0.15, 0.2) is 35.7 Å². The first-order chi connectivity index (χ1) is 8.75. The number of aromatic nitrogens is 1. The number of carboxylic acid groups (broad SMARTS) is 1. The lowest BCUT2D eigenvalue weighted by atomic mass is 10.2. The van der Waals surface area contributed by atoms with Crippen LogP contribution in [0.25, 0.3) is 10.6 Å². The minimum absolute atomic E-state index is 0.254. The molecule has 2 rings (SSSR count). The van der Waals surface area contributed by atoms with E-state index in [0.717, 1.165) is 16.3 Å². The smallest absolute Gasteiger partial charge is 0.329 e. The van der Waals surface area contributed by atoms with Crippen molar-refractivity contribution in [2.75, 3.05) is 13.2 Å². The average molecular weight is 263 g/mol. The fourth-order valence-corrected chi connectivity index (χ4v) is 2.33. The molecule has 94 valence electrons. The van der Waals surface area contributed by atoms with Gasteiger partial charge in [0.1, 0.15) is 11.6 Å². The minimum Gasteiger partial charge on any atom is -0.480 e. The molecule has 1 heterocycles. The number of nitrogens with zero attached hydrogens (tertiary/aromatic N) is 1. The lowest BCUT2D eigenvalue weighted by molar-refractivity contribution is -0.142. The van der Waals surface area contributed by atoms with E-state index in [0.29, 0.717) is 13.0 Å². The molecule has 0 aliphatic heterocycles. The lowest BCUT2D eigenvalue weighted by Crippen LogP contribution is -2.09. The van der Waals surface area contributed by atoms with E-state index in [9.17, 15) is 4.79 Å². The largest absolute Gasteiger partial charge is 0.480 e. The Balaban J connectivity index is 1.89. The summed E-state index contributed by atoms with van der Waals surface area (Å²) in [5, 5.41) is 11.4. The van der Waals surface area contributed by atoms with E-state index in [1.807, 2.05) is 35.7 Å². The number of thiazole rings is 1. The van der Waals surface area contributed by atoms with Gasteiger partial charge in [-0.05, 0) is 0 Å². The molecule has 0 amide bonds. The predicted molar refractivity (Wildman–Crippen MR) is 69.7 cm³/mol. The number of benzene rings is 1. The van der Waals surface area contributed by atoms with Crippen LogP contribution in [0.5, 0.6) is 0 Å². The number of rotatable bonds is 6. The topological polar surface area (TPSA) is 59.4 Å². The number of carbonyl (C=O) groups is 1. The predicted octanol–water partition coefficient (Wildman–Crippen LogP) is 2.45. The van der Waals surface area contributed by atoms with Crippen molar-refractivity contribution in [3.63, 3.8) is 0 Å². The van der Waals surface area contributed by atoms with E-state index in [1.165, 1.54) is 0 Å². The van der Waals surface area contributed by atoms with Gasteiger partial charge in [0.15, 0.2) is 0 Å². The first kappa shape index (κ1) is 12.7. The first-order valence-electron chi connectivity index (χ1n) is 5.55. The Hall–Kier alpha value is -1.72. The average Bonchev–Trinajstić information content (AvgIpc) is 2.84. The molecule has 0 radical (unpaired) electrons. The number of hydrogen-bond acceptors (Lipinski definition) is 4. The summed E-state index contributed by atoms with van der Waals surface area (Å²) in [5.74, 6) is -0.946. The van der Waals surface area contributed by atoms with E-state index >= 15 is 0 Å². The molecular weight excluding hydrogens is 250 g/mol. The van der Waals surface area contributed by atoms with Crippen molar-refractivity contribution in [3.05, 3.63) is 41.4 Å². The van der Waals surface area contributed by atoms with Gasteiger partial charge in [-0.25, -0.2) is 9.78 Å². The van der Waals surface area contributed by atoms with Crippen LogP contribution in [0.2, 0.25) is 0 Å². The molecule has 1 N–H and O–H groups in total. The maximum Gasteiger partial charge on any atom is 0.329 e. The minimum atomic E-state index is -0.946. The zero-order chi connectivity index (χ0) is 12.8. The zero-order valence-electron chi connectivity index (χ0n) is 9.70. The Labute approximate surface area is 109 Å². The van der Waals surface area contributed by atoms with Crippen molar-refractivity contribution in [3.8, 4) is 10.6 Å². The Morgan fingerprint density at radius 1 is 1.33 bits per heavy atom. The molecule has 0 fully saturated rings. The first-order valence-corrected chi connectivity index (χ1v) is 6.43. The molecule has 1 aromatic carbocycles. The zero-order valence-corrected chi connectivity index (χ0v) is 10.5. The van der Waals surface area contributed by atoms with Crippen LogP contribution in [0.4, 0.5) is 0 Å². The van der Waals surface area contributed by atoms with Gasteiger partial charge in [0.05, 0.1) is 12.3 Å². The molecule has 5 heteroatoms. The van der Waals surface area contributed by atoms with Crippen LogP contribution in [-0.4, -0.2) is 29.3 Å². The Morgan fingerprint density at radius 2 is 2.11 bits per heavy atom. The van der Waals surface area contributed by atoms with E-state index < -0.39 is 5.97 Å². The van der Waals surface area contributed by atoms with Gasteiger partial charge in [-0.2, -0.15) is 0 Å². The summed E-state index contributed by atoms with van der Waals surface area (Å²) in [4.78, 5) is 14.7. The van der Waals surface area contributed by atoms with Crippen molar-refractivity contribution in [2.24, 2.45) is 0 Å². The highest BCUT2D eigenvalue weighted by Gasteiger charge is 2.04. The van der Waals surface area contributed by atoms with Crippen molar-refractivity contribution in [2.45, 2.75) is 6.42 Å². The third kappa shape index (κ3) is 3.65. The number of ether oxygens (including phenoxy) is 1. The fraction of sp³-hybridized carbons (Fsp3) is 0.231. The Bertz CT molecular complexity index is 510. The van der Waals surface area contributed by atoms with Gasteiger partial charge >= 0.3 is 5.97 Å². The van der Waals surface area contributed by atoms with E-state index in [1.54, 1.807) is 11.3 Å². The lowest BCUT2D eigenvalue weighted by Gasteiger charge is -1.98. The van der Waals surface area contributed by atoms with Crippen LogP contribution in [-0.2, 0) is 16.0 Å². The van der Waals surface area contributed by atoms with Gasteiger partial charge in [-0.1, -0.05) is 30.3 Å². The van der Waals surface area contributed by atoms with Crippen molar-refractivity contribution in [1.29, 1.82) is 0 Å². The Morgan fingerprint density at radius 3 is 2.83 bits per heavy atom. The third-order valence-corrected chi connectivity index (χ3v) is 3.24. The molecule has 4 nitrogen and oxygen atoms in total. The molecule has 0 saturated heterocycles. The molecule has 0 aliphatic carbocycles. The summed E-state index contributed by atoms with van der Waals surface area (Å²) in [5.41, 5.74) is 2.03. The highest BCUT2D eigenvalue weighted by molar-refractivity contribution is 7.13. The maximum absolute atomic E-state index is 10.3. The van der Waals surface area contributed by atoms with Crippen molar-refractivity contribution in [1.82, 2.24) is 4.98 Å². The second-order valence-electron chi connectivity index (χ2n) is 3.71. The molecular formula is C13H13NO3S. The van der Waals surface area contributed by atoms with Crippen molar-refractivity contribution < 1.29 is 14.6 Å². The second kappa shape index (κ2) is 6.28. The molecule has 0 saturated carbocycles. The van der Waals surface area contributed by atoms with Gasteiger partial charge in [0.2, 0.25) is 0 Å². The Kier molecular flexibility index (Phi) is 4.44. The molecule has 2 aromatic rings. The van der Waals surface area contributed by atoms with E-state index in [2.05, 4.69) is 4.98 Å². The summed E-state index contributed by atoms with van der Waals surface area (Å²) in [6.07, 6.45) is 0.636. The molecule has 0 spiro atoms. The highest BCUT2D eigenvalue weighted by atomic mass is 32.1. The standard InChI is InChI=1S/C13H13NO3S/c15-12(16)8-17-7-6-11-9-18-13(14-11)10-4-2-1-3-5-10/h1-5,9H,6-8H2,(H,15,16). The molecule has 0 unspecified atom stereocenters. The van der Waals surface area contributed by atoms with Crippen LogP contribution in [0, 0.1) is 0 Å². The van der Waals surface area contributed by atoms with Gasteiger partial charge in [0.25, 0.3) is 0 Å². The molecule has 0 atom stereocenters. The fourth-order valence-electron chi connectivity index (χ4n) is 1.47. The van der Waals surface area contributed by atoms with Crippen LogP contribution < -0.4 is 0 Å².